The summed E-state index contributed by atoms with van der Waals surface area (Å²) in [7, 11) is -3.58. The van der Waals surface area contributed by atoms with Crippen LogP contribution in [0.2, 0.25) is 14.4 Å². The van der Waals surface area contributed by atoms with Gasteiger partial charge in [0.25, 0.3) is 0 Å². The molecule has 0 bridgehead atoms. The maximum Gasteiger partial charge on any atom is 0.243 e. The Balaban J connectivity index is 1.67. The second-order valence-electron chi connectivity index (χ2n) is 5.25. The second kappa shape index (κ2) is 7.41. The van der Waals surface area contributed by atoms with Gasteiger partial charge in [0.2, 0.25) is 10.0 Å². The molecular formula is C13H13Cl3N4O2S2. The van der Waals surface area contributed by atoms with Crippen molar-refractivity contribution in [1.29, 1.82) is 0 Å². The quantitative estimate of drug-likeness (QED) is 0.750. The molecule has 1 saturated heterocycles. The van der Waals surface area contributed by atoms with E-state index in [1.54, 1.807) is 0 Å². The third kappa shape index (κ3) is 3.85. The Bertz CT molecular complexity index is 835. The predicted molar refractivity (Wildman–Crippen MR) is 95.4 cm³/mol. The van der Waals surface area contributed by atoms with Gasteiger partial charge in [-0.25, -0.2) is 8.42 Å². The van der Waals surface area contributed by atoms with Crippen molar-refractivity contribution in [3.05, 3.63) is 38.3 Å². The van der Waals surface area contributed by atoms with Crippen LogP contribution >= 0.6 is 46.3 Å². The van der Waals surface area contributed by atoms with E-state index in [1.807, 2.05) is 0 Å². The van der Waals surface area contributed by atoms with Gasteiger partial charge in [-0.1, -0.05) is 39.3 Å². The van der Waals surface area contributed by atoms with Gasteiger partial charge in [0.1, 0.15) is 10.0 Å². The summed E-state index contributed by atoms with van der Waals surface area (Å²) in [6.45, 7) is 2.52. The van der Waals surface area contributed by atoms with Gasteiger partial charge in [-0.3, -0.25) is 4.90 Å². The van der Waals surface area contributed by atoms with Gasteiger partial charge in [0.05, 0.1) is 14.9 Å². The van der Waals surface area contributed by atoms with Gasteiger partial charge in [-0.2, -0.15) is 4.31 Å². The summed E-state index contributed by atoms with van der Waals surface area (Å²) in [5.74, 6) is 0. The average Bonchev–Trinajstić information content (AvgIpc) is 2.95. The molecule has 0 radical (unpaired) electrons. The fourth-order valence-electron chi connectivity index (χ4n) is 2.42. The minimum Gasteiger partial charge on any atom is -0.295 e. The second-order valence-corrected chi connectivity index (χ2v) is 9.36. The maximum atomic E-state index is 12.7. The summed E-state index contributed by atoms with van der Waals surface area (Å²) in [5.41, 5.74) is 0.724. The van der Waals surface area contributed by atoms with Crippen LogP contribution in [-0.4, -0.2) is 53.4 Å². The van der Waals surface area contributed by atoms with Crippen LogP contribution < -0.4 is 0 Å². The lowest BCUT2D eigenvalue weighted by Crippen LogP contribution is -2.48. The summed E-state index contributed by atoms with van der Waals surface area (Å²) in [6.07, 6.45) is 0. The van der Waals surface area contributed by atoms with E-state index in [1.165, 1.54) is 22.5 Å². The number of halogens is 3. The highest BCUT2D eigenvalue weighted by molar-refractivity contribution is 7.89. The molecule has 1 aliphatic rings. The molecule has 1 aromatic heterocycles. The molecule has 0 unspecified atom stereocenters. The predicted octanol–water partition coefficient (Wildman–Crippen LogP) is 3.00. The molecule has 1 aliphatic heterocycles. The van der Waals surface area contributed by atoms with Gasteiger partial charge >= 0.3 is 0 Å². The number of nitrogens with zero attached hydrogens (tertiary/aromatic N) is 4. The Labute approximate surface area is 159 Å². The number of hydrogen-bond donors (Lipinski definition) is 0. The third-order valence-electron chi connectivity index (χ3n) is 3.74. The number of benzene rings is 1. The zero-order valence-corrected chi connectivity index (χ0v) is 16.2. The van der Waals surface area contributed by atoms with Crippen LogP contribution in [0.25, 0.3) is 0 Å². The van der Waals surface area contributed by atoms with Crippen LogP contribution in [0.3, 0.4) is 0 Å². The zero-order valence-electron chi connectivity index (χ0n) is 12.3. The molecule has 0 spiro atoms. The molecule has 0 amide bonds. The Hall–Kier alpha value is -0.480. The van der Waals surface area contributed by atoms with Crippen molar-refractivity contribution in [3.63, 3.8) is 0 Å². The molecule has 0 atom stereocenters. The lowest BCUT2D eigenvalue weighted by atomic mass is 10.3. The molecule has 1 fully saturated rings. The fraction of sp³-hybridized carbons (Fsp3) is 0.385. The zero-order chi connectivity index (χ0) is 17.3. The molecular weight excluding hydrogens is 415 g/mol. The normalized spacial score (nSPS) is 17.3. The van der Waals surface area contributed by atoms with Crippen molar-refractivity contribution >= 4 is 56.4 Å². The summed E-state index contributed by atoms with van der Waals surface area (Å²) in [4.78, 5) is 2.25. The van der Waals surface area contributed by atoms with Crippen molar-refractivity contribution in [2.24, 2.45) is 0 Å². The third-order valence-corrected chi connectivity index (χ3v) is 7.36. The van der Waals surface area contributed by atoms with E-state index in [0.717, 1.165) is 17.2 Å². The summed E-state index contributed by atoms with van der Waals surface area (Å²) < 4.78 is 31.2. The van der Waals surface area contributed by atoms with E-state index < -0.39 is 10.0 Å². The van der Waals surface area contributed by atoms with E-state index in [4.69, 9.17) is 34.8 Å². The molecule has 2 aromatic rings. The van der Waals surface area contributed by atoms with Gasteiger partial charge in [0.15, 0.2) is 0 Å². The first-order valence-electron chi connectivity index (χ1n) is 7.02. The van der Waals surface area contributed by atoms with Crippen molar-refractivity contribution in [2.45, 2.75) is 11.4 Å². The molecule has 0 N–H and O–H groups in total. The topological polar surface area (TPSA) is 66.4 Å². The monoisotopic (exact) mass is 426 g/mol. The van der Waals surface area contributed by atoms with Crippen molar-refractivity contribution in [2.75, 3.05) is 26.2 Å². The van der Waals surface area contributed by atoms with Crippen LogP contribution in [0.4, 0.5) is 0 Å². The van der Waals surface area contributed by atoms with Crippen LogP contribution in [0, 0.1) is 0 Å². The van der Waals surface area contributed by atoms with E-state index in [2.05, 4.69) is 14.5 Å². The van der Waals surface area contributed by atoms with Gasteiger partial charge in [-0.05, 0) is 18.2 Å². The number of piperazine rings is 1. The fourth-order valence-corrected chi connectivity index (χ4v) is 4.84. The van der Waals surface area contributed by atoms with Crippen LogP contribution in [0.5, 0.6) is 0 Å². The van der Waals surface area contributed by atoms with Crippen molar-refractivity contribution in [3.8, 4) is 0 Å². The highest BCUT2D eigenvalue weighted by Crippen LogP contribution is 2.27. The molecule has 0 saturated carbocycles. The van der Waals surface area contributed by atoms with Crippen LogP contribution in [-0.2, 0) is 16.6 Å². The van der Waals surface area contributed by atoms with Crippen LogP contribution in [0.15, 0.2) is 23.1 Å². The Morgan fingerprint density at radius 1 is 1.08 bits per heavy atom. The SMILES string of the molecule is O=S(=O)(c1ccc(Cl)c(Cl)c1)N1CCN(Cc2nnsc2Cl)CC1. The Morgan fingerprint density at radius 2 is 1.79 bits per heavy atom. The minimum atomic E-state index is -3.58. The summed E-state index contributed by atoms with van der Waals surface area (Å²) in [5, 5.41) is 4.53. The van der Waals surface area contributed by atoms with Crippen molar-refractivity contribution < 1.29 is 8.42 Å². The van der Waals surface area contributed by atoms with E-state index in [0.29, 0.717) is 42.1 Å². The first kappa shape index (κ1) is 18.3. The van der Waals surface area contributed by atoms with E-state index in [-0.39, 0.29) is 9.92 Å². The van der Waals surface area contributed by atoms with E-state index >= 15 is 0 Å². The molecule has 130 valence electrons. The number of hydrogen-bond acceptors (Lipinski definition) is 6. The Kier molecular flexibility index (Phi) is 5.65. The van der Waals surface area contributed by atoms with E-state index in [9.17, 15) is 8.42 Å². The summed E-state index contributed by atoms with van der Waals surface area (Å²) in [6, 6.07) is 4.34. The molecule has 11 heteroatoms. The summed E-state index contributed by atoms with van der Waals surface area (Å²) >= 11 is 18.9. The molecule has 6 nitrogen and oxygen atoms in total. The lowest BCUT2D eigenvalue weighted by molar-refractivity contribution is 0.180. The number of sulfonamides is 1. The molecule has 0 aliphatic carbocycles. The molecule has 24 heavy (non-hydrogen) atoms. The van der Waals surface area contributed by atoms with Crippen LogP contribution in [0.1, 0.15) is 5.69 Å². The highest BCUT2D eigenvalue weighted by Gasteiger charge is 2.29. The van der Waals surface area contributed by atoms with Gasteiger partial charge < -0.3 is 0 Å². The Morgan fingerprint density at radius 3 is 2.38 bits per heavy atom. The number of rotatable bonds is 4. The molecule has 1 aromatic carbocycles. The molecule has 3 rings (SSSR count). The number of aromatic nitrogens is 2. The standard InChI is InChI=1S/C13H13Cl3N4O2S2/c14-10-2-1-9(7-11(10)15)24(21,22)20-5-3-19(4-6-20)8-12-13(16)23-18-17-12/h1-2,7H,3-6,8H2. The maximum absolute atomic E-state index is 12.7. The first-order valence-corrected chi connectivity index (χ1v) is 10.4. The molecule has 2 heterocycles. The highest BCUT2D eigenvalue weighted by atomic mass is 35.5. The largest absolute Gasteiger partial charge is 0.295 e. The smallest absolute Gasteiger partial charge is 0.243 e. The average molecular weight is 428 g/mol. The first-order chi connectivity index (χ1) is 11.4. The minimum absolute atomic E-state index is 0.150. The van der Waals surface area contributed by atoms with Gasteiger partial charge in [-0.15, -0.1) is 5.10 Å². The lowest BCUT2D eigenvalue weighted by Gasteiger charge is -2.33. The van der Waals surface area contributed by atoms with Gasteiger partial charge in [0, 0.05) is 44.3 Å². The van der Waals surface area contributed by atoms with Crippen molar-refractivity contribution in [1.82, 2.24) is 18.8 Å².